The van der Waals surface area contributed by atoms with Gasteiger partial charge in [0.1, 0.15) is 0 Å². The van der Waals surface area contributed by atoms with E-state index < -0.39 is 6.85 Å². The Hall–Kier alpha value is -6.66. The van der Waals surface area contributed by atoms with E-state index in [1.54, 1.807) is 12.1 Å². The van der Waals surface area contributed by atoms with Gasteiger partial charge in [0.05, 0.1) is 22.4 Å². The van der Waals surface area contributed by atoms with Crippen LogP contribution in [0.5, 0.6) is 0 Å². The van der Waals surface area contributed by atoms with Gasteiger partial charge in [-0.2, -0.15) is 0 Å². The molecule has 0 atom stereocenters. The van der Waals surface area contributed by atoms with Crippen molar-refractivity contribution in [1.82, 2.24) is 19.5 Å². The smallest absolute Gasteiger partial charge is 0.182 e. The van der Waals surface area contributed by atoms with Crippen LogP contribution in [-0.4, -0.2) is 19.5 Å². The molecule has 0 aliphatic heterocycles. The first-order valence-electron chi connectivity index (χ1n) is 23.4. The van der Waals surface area contributed by atoms with E-state index in [1.165, 1.54) is 23.1 Å². The van der Waals surface area contributed by atoms with Crippen LogP contribution in [0.25, 0.3) is 94.3 Å². The molecule has 325 valence electrons. The van der Waals surface area contributed by atoms with Gasteiger partial charge in [0.25, 0.3) is 0 Å². The molecule has 7 heteroatoms. The number of hydrogen-bond acceptors (Lipinski definition) is 5. The largest absolute Gasteiger partial charge is 0.498 e. The third-order valence-electron chi connectivity index (χ3n) is 12.1. The van der Waals surface area contributed by atoms with E-state index in [4.69, 9.17) is 17.9 Å². The third-order valence-corrected chi connectivity index (χ3v) is 12.1. The number of pyridine rings is 1. The molecular formula is C58H50IrN4O2-2. The summed E-state index contributed by atoms with van der Waals surface area (Å²) in [5, 5.41) is 3.31. The monoisotopic (exact) mass is 1030 g/mol. The minimum Gasteiger partial charge on any atom is -0.498 e. The molecule has 0 fully saturated rings. The minimum atomic E-state index is -2.41. The van der Waals surface area contributed by atoms with Crippen LogP contribution in [0, 0.1) is 19.0 Å². The topological polar surface area (TPSA) is 69.9 Å². The molecule has 0 amide bonds. The number of furan rings is 1. The summed E-state index contributed by atoms with van der Waals surface area (Å²) in [5.41, 5.74) is 13.6. The van der Waals surface area contributed by atoms with Crippen LogP contribution in [0.4, 0.5) is 0 Å². The van der Waals surface area contributed by atoms with Gasteiger partial charge in [0, 0.05) is 46.9 Å². The van der Waals surface area contributed by atoms with E-state index in [1.807, 2.05) is 48.7 Å². The van der Waals surface area contributed by atoms with Gasteiger partial charge in [0.15, 0.2) is 23.1 Å². The molecule has 11 rings (SSSR count). The second-order valence-electron chi connectivity index (χ2n) is 18.1. The fourth-order valence-corrected chi connectivity index (χ4v) is 8.76. The maximum Gasteiger partial charge on any atom is 0.182 e. The zero-order chi connectivity index (χ0) is 46.8. The van der Waals surface area contributed by atoms with E-state index in [-0.39, 0.29) is 42.9 Å². The molecule has 0 saturated heterocycles. The fourth-order valence-electron chi connectivity index (χ4n) is 8.76. The Bertz CT molecular complexity index is 3570. The van der Waals surface area contributed by atoms with E-state index in [0.717, 1.165) is 49.9 Å². The molecule has 65 heavy (non-hydrogen) atoms. The molecule has 7 aromatic carbocycles. The zero-order valence-corrected chi connectivity index (χ0v) is 39.8. The molecule has 0 aliphatic rings. The Morgan fingerprint density at radius 2 is 1.48 bits per heavy atom. The Labute approximate surface area is 398 Å². The van der Waals surface area contributed by atoms with Gasteiger partial charge in [-0.1, -0.05) is 139 Å². The van der Waals surface area contributed by atoms with Crippen LogP contribution in [0.3, 0.4) is 0 Å². The third kappa shape index (κ3) is 7.87. The molecule has 4 aromatic heterocycles. The summed E-state index contributed by atoms with van der Waals surface area (Å²) < 4.78 is 40.0. The van der Waals surface area contributed by atoms with Crippen LogP contribution in [0.1, 0.15) is 86.7 Å². The average Bonchev–Trinajstić information content (AvgIpc) is 4.07. The van der Waals surface area contributed by atoms with Gasteiger partial charge in [-0.15, -0.1) is 53.6 Å². The molecule has 0 saturated carbocycles. The molecule has 11 aromatic rings. The summed E-state index contributed by atoms with van der Waals surface area (Å²) in [6, 6.07) is 51.5. The Kier molecular flexibility index (Phi) is 10.7. The number of fused-ring (bicyclic) bond motifs is 8. The van der Waals surface area contributed by atoms with Crippen molar-refractivity contribution in [3.63, 3.8) is 0 Å². The Morgan fingerprint density at radius 3 is 2.17 bits per heavy atom. The van der Waals surface area contributed by atoms with Gasteiger partial charge < -0.3 is 18.4 Å². The summed E-state index contributed by atoms with van der Waals surface area (Å²) >= 11 is 0. The van der Waals surface area contributed by atoms with Gasteiger partial charge >= 0.3 is 0 Å². The molecule has 0 aliphatic carbocycles. The minimum absolute atomic E-state index is 0. The van der Waals surface area contributed by atoms with E-state index in [2.05, 4.69) is 154 Å². The van der Waals surface area contributed by atoms with E-state index in [0.29, 0.717) is 44.4 Å². The molecule has 6 nitrogen and oxygen atoms in total. The number of rotatable bonds is 6. The maximum absolute atomic E-state index is 8.49. The molecule has 0 unspecified atom stereocenters. The number of hydrogen-bond donors (Lipinski definition) is 0. The van der Waals surface area contributed by atoms with Crippen molar-refractivity contribution in [2.75, 3.05) is 0 Å². The Morgan fingerprint density at radius 1 is 0.723 bits per heavy atom. The van der Waals surface area contributed by atoms with Crippen molar-refractivity contribution in [3.8, 4) is 39.5 Å². The molecule has 0 spiro atoms. The van der Waals surface area contributed by atoms with Crippen LogP contribution in [0.2, 0.25) is 0 Å². The van der Waals surface area contributed by atoms with Gasteiger partial charge in [0.2, 0.25) is 0 Å². The predicted octanol–water partition coefficient (Wildman–Crippen LogP) is 15.8. The average molecular weight is 1030 g/mol. The van der Waals surface area contributed by atoms with Gasteiger partial charge in [-0.25, -0.2) is 4.98 Å². The summed E-state index contributed by atoms with van der Waals surface area (Å²) in [6.45, 7) is 13.1. The second kappa shape index (κ2) is 17.4. The van der Waals surface area contributed by atoms with Gasteiger partial charge in [-0.3, -0.25) is 4.98 Å². The number of benzene rings is 7. The fraction of sp³-hybridized carbons (Fsp3) is 0.190. The van der Waals surface area contributed by atoms with Crippen molar-refractivity contribution in [3.05, 3.63) is 180 Å². The van der Waals surface area contributed by atoms with Crippen LogP contribution >= 0.6 is 0 Å². The molecular weight excluding hydrogens is 977 g/mol. The zero-order valence-electron chi connectivity index (χ0n) is 40.4. The first-order chi connectivity index (χ1) is 32.2. The van der Waals surface area contributed by atoms with E-state index >= 15 is 0 Å². The summed E-state index contributed by atoms with van der Waals surface area (Å²) in [5.74, 6) is 0.945. The first kappa shape index (κ1) is 39.9. The van der Waals surface area contributed by atoms with Gasteiger partial charge in [-0.05, 0) is 86.5 Å². The van der Waals surface area contributed by atoms with Crippen LogP contribution in [0.15, 0.2) is 155 Å². The molecule has 1 radical (unpaired) electrons. The number of nitrogens with zero attached hydrogens (tertiary/aromatic N) is 4. The maximum atomic E-state index is 8.49. The summed E-state index contributed by atoms with van der Waals surface area (Å²) in [7, 11) is 0. The second-order valence-corrected chi connectivity index (χ2v) is 18.1. The summed E-state index contributed by atoms with van der Waals surface area (Å²) in [6.07, 6.45) is 3.33. The van der Waals surface area contributed by atoms with Crippen molar-refractivity contribution in [2.45, 2.75) is 72.6 Å². The molecule has 0 N–H and O–H groups in total. The number of imidazole rings is 1. The SMILES string of the molecule is CC(C)(C)c1ccc(-c2[c-]cccc2)nc1.[2H]C([2H])([2H])c1c[c-]c(-c2nc3ccc4ccccc4c3n2-c2c(C(C)C)cc(-c3ccccc3)cc2C(C)C)c2oc3c(ccc4ocnc43)c12.[Ir]. The van der Waals surface area contributed by atoms with Crippen molar-refractivity contribution in [1.29, 1.82) is 0 Å². The van der Waals surface area contributed by atoms with Crippen molar-refractivity contribution >= 4 is 54.8 Å². The standard InChI is InChI=1S/C43H34N3O2.C15H16N.Ir/c1-24(2)33-21-29(27-11-7-6-8-12-27)22-34(25(3)4)39(33)46-40-30-14-10-9-13-28(30)16-19-35(40)45-43(46)32-17-15-26(5)37-31-18-20-36-38(44-23-47-36)42(31)48-41(32)37;1-15(2,3)13-9-10-14(16-11-13)12-7-5-4-6-8-12;/h6-16,18-25H,1-5H3;4-7,9-11H,1-3H3;/q2*-1;/i5D3;;. The van der Waals surface area contributed by atoms with Crippen molar-refractivity contribution < 1.29 is 33.1 Å². The number of aromatic nitrogens is 4. The number of oxazole rings is 1. The normalized spacial score (nSPS) is 12.7. The first-order valence-corrected chi connectivity index (χ1v) is 21.9. The number of aryl methyl sites for hydroxylation is 1. The molecule has 4 heterocycles. The molecule has 0 bridgehead atoms. The Balaban J connectivity index is 0.000000289. The van der Waals surface area contributed by atoms with Crippen molar-refractivity contribution in [2.24, 2.45) is 0 Å². The predicted molar refractivity (Wildman–Crippen MR) is 263 cm³/mol. The van der Waals surface area contributed by atoms with E-state index in [9.17, 15) is 0 Å². The van der Waals surface area contributed by atoms with Crippen LogP contribution < -0.4 is 0 Å². The quantitative estimate of drug-likeness (QED) is 0.155. The summed E-state index contributed by atoms with van der Waals surface area (Å²) in [4.78, 5) is 14.3. The van der Waals surface area contributed by atoms with Crippen LogP contribution in [-0.2, 0) is 25.5 Å².